The summed E-state index contributed by atoms with van der Waals surface area (Å²) in [5, 5.41) is 0. The third-order valence-corrected chi connectivity index (χ3v) is 5.27. The molecule has 6 heteroatoms. The quantitative estimate of drug-likeness (QED) is 0.751. The molecule has 1 fully saturated rings. The van der Waals surface area contributed by atoms with Crippen LogP contribution in [-0.4, -0.2) is 50.8 Å². The lowest BCUT2D eigenvalue weighted by Crippen LogP contribution is -2.36. The van der Waals surface area contributed by atoms with E-state index in [4.69, 9.17) is 4.98 Å². The maximum atomic E-state index is 13.0. The number of nitrogens with zero attached hydrogens (tertiary/aromatic N) is 4. The Hall–Kier alpha value is -2.37. The summed E-state index contributed by atoms with van der Waals surface area (Å²) in [5.74, 6) is 1.03. The van der Waals surface area contributed by atoms with Gasteiger partial charge in [0.2, 0.25) is 11.8 Å². The minimum atomic E-state index is -0.0477. The van der Waals surface area contributed by atoms with Gasteiger partial charge in [-0.15, -0.1) is 0 Å². The average Bonchev–Trinajstić information content (AvgIpc) is 3.26. The van der Waals surface area contributed by atoms with Gasteiger partial charge in [0.15, 0.2) is 0 Å². The molecule has 2 amide bonds. The van der Waals surface area contributed by atoms with Gasteiger partial charge < -0.3 is 14.4 Å². The number of rotatable bonds is 7. The fraction of sp³-hybridized carbons (Fsp3) is 0.571. The van der Waals surface area contributed by atoms with E-state index >= 15 is 0 Å². The van der Waals surface area contributed by atoms with E-state index in [0.29, 0.717) is 0 Å². The second-order valence-corrected chi connectivity index (χ2v) is 7.30. The van der Waals surface area contributed by atoms with E-state index in [1.807, 2.05) is 38.6 Å². The lowest BCUT2D eigenvalue weighted by Gasteiger charge is -2.25. The van der Waals surface area contributed by atoms with Crippen LogP contribution in [0.25, 0.3) is 11.0 Å². The van der Waals surface area contributed by atoms with E-state index in [2.05, 4.69) is 13.8 Å². The van der Waals surface area contributed by atoms with Crippen molar-refractivity contribution >= 4 is 22.8 Å². The predicted octanol–water partition coefficient (Wildman–Crippen LogP) is 3.37. The van der Waals surface area contributed by atoms with Crippen LogP contribution in [-0.2, 0) is 16.1 Å². The summed E-state index contributed by atoms with van der Waals surface area (Å²) in [6.07, 6.45) is 3.76. The van der Waals surface area contributed by atoms with Gasteiger partial charge in [-0.25, -0.2) is 4.98 Å². The molecule has 0 saturated carbocycles. The molecule has 0 bridgehead atoms. The monoisotopic (exact) mass is 370 g/mol. The molecule has 0 N–H and O–H groups in total. The van der Waals surface area contributed by atoms with E-state index in [1.165, 1.54) is 0 Å². The first kappa shape index (κ1) is 19.4. The van der Waals surface area contributed by atoms with Crippen molar-refractivity contribution in [1.29, 1.82) is 0 Å². The molecule has 0 aliphatic carbocycles. The number of para-hydroxylation sites is 2. The molecule has 0 spiro atoms. The van der Waals surface area contributed by atoms with Crippen LogP contribution in [0.4, 0.5) is 0 Å². The van der Waals surface area contributed by atoms with Crippen molar-refractivity contribution in [2.75, 3.05) is 19.6 Å². The standard InChI is InChI=1S/C21H30N4O2/c1-4-12-23(13-5-2)20(27)15-25-18-10-7-6-9-17(18)22-21(25)19-11-8-14-24(19)16(3)26/h6-7,9-10,19H,4-5,8,11-15H2,1-3H3/t19-/m1/s1. The average molecular weight is 370 g/mol. The van der Waals surface area contributed by atoms with Crippen molar-refractivity contribution in [3.05, 3.63) is 30.1 Å². The number of likely N-dealkylation sites (tertiary alicyclic amines) is 1. The number of amides is 2. The number of imidazole rings is 1. The largest absolute Gasteiger partial charge is 0.341 e. The van der Waals surface area contributed by atoms with Crippen LogP contribution in [0.3, 0.4) is 0 Å². The van der Waals surface area contributed by atoms with Crippen molar-refractivity contribution in [2.45, 2.75) is 59.0 Å². The number of benzene rings is 1. The molecule has 2 aromatic rings. The van der Waals surface area contributed by atoms with Crippen molar-refractivity contribution in [3.63, 3.8) is 0 Å². The first-order valence-corrected chi connectivity index (χ1v) is 10.1. The molecule has 27 heavy (non-hydrogen) atoms. The number of aromatic nitrogens is 2. The number of carbonyl (C=O) groups excluding carboxylic acids is 2. The first-order valence-electron chi connectivity index (χ1n) is 10.1. The summed E-state index contributed by atoms with van der Waals surface area (Å²) in [6, 6.07) is 7.87. The highest BCUT2D eigenvalue weighted by atomic mass is 16.2. The molecule has 1 aliphatic rings. The SMILES string of the molecule is CCCN(CCC)C(=O)Cn1c([C@H]2CCCN2C(C)=O)nc2ccccc21. The molecular formula is C21H30N4O2. The van der Waals surface area contributed by atoms with E-state index in [1.54, 1.807) is 6.92 Å². The Kier molecular flexibility index (Phi) is 6.14. The number of hydrogen-bond acceptors (Lipinski definition) is 3. The van der Waals surface area contributed by atoms with Gasteiger partial charge >= 0.3 is 0 Å². The Bertz CT molecular complexity index is 808. The van der Waals surface area contributed by atoms with Crippen LogP contribution in [0.15, 0.2) is 24.3 Å². The summed E-state index contributed by atoms with van der Waals surface area (Å²) < 4.78 is 2.03. The Labute approximate surface area is 161 Å². The molecule has 2 heterocycles. The highest BCUT2D eigenvalue weighted by Crippen LogP contribution is 2.33. The van der Waals surface area contributed by atoms with E-state index in [0.717, 1.165) is 62.2 Å². The summed E-state index contributed by atoms with van der Waals surface area (Å²) in [4.78, 5) is 33.7. The lowest BCUT2D eigenvalue weighted by atomic mass is 10.2. The number of carbonyl (C=O) groups is 2. The molecule has 1 saturated heterocycles. The number of hydrogen-bond donors (Lipinski definition) is 0. The highest BCUT2D eigenvalue weighted by Gasteiger charge is 2.32. The van der Waals surface area contributed by atoms with Crippen LogP contribution in [0.1, 0.15) is 58.3 Å². The topological polar surface area (TPSA) is 58.4 Å². The van der Waals surface area contributed by atoms with Crippen LogP contribution in [0, 0.1) is 0 Å². The molecule has 6 nitrogen and oxygen atoms in total. The van der Waals surface area contributed by atoms with Crippen LogP contribution in [0.2, 0.25) is 0 Å². The van der Waals surface area contributed by atoms with E-state index in [-0.39, 0.29) is 24.4 Å². The van der Waals surface area contributed by atoms with Gasteiger partial charge in [-0.3, -0.25) is 9.59 Å². The van der Waals surface area contributed by atoms with Gasteiger partial charge in [0, 0.05) is 26.6 Å². The molecule has 3 rings (SSSR count). The summed E-state index contributed by atoms with van der Waals surface area (Å²) in [5.41, 5.74) is 1.84. The third kappa shape index (κ3) is 3.99. The zero-order chi connectivity index (χ0) is 19.4. The summed E-state index contributed by atoms with van der Waals surface area (Å²) >= 11 is 0. The van der Waals surface area contributed by atoms with E-state index < -0.39 is 0 Å². The predicted molar refractivity (Wildman–Crippen MR) is 106 cm³/mol. The fourth-order valence-electron chi connectivity index (χ4n) is 4.06. The molecule has 1 aliphatic heterocycles. The molecule has 1 aromatic heterocycles. The number of fused-ring (bicyclic) bond motifs is 1. The van der Waals surface area contributed by atoms with Gasteiger partial charge in [-0.05, 0) is 37.8 Å². The molecule has 0 unspecified atom stereocenters. The van der Waals surface area contributed by atoms with Crippen molar-refractivity contribution in [3.8, 4) is 0 Å². The normalized spacial score (nSPS) is 16.9. The Balaban J connectivity index is 1.98. The molecule has 146 valence electrons. The maximum Gasteiger partial charge on any atom is 0.242 e. The van der Waals surface area contributed by atoms with Crippen molar-refractivity contribution in [2.24, 2.45) is 0 Å². The second kappa shape index (κ2) is 8.55. The first-order chi connectivity index (χ1) is 13.1. The van der Waals surface area contributed by atoms with Crippen LogP contribution in [0.5, 0.6) is 0 Å². The highest BCUT2D eigenvalue weighted by molar-refractivity contribution is 5.81. The molecule has 0 radical (unpaired) electrons. The minimum absolute atomic E-state index is 0.0477. The maximum absolute atomic E-state index is 13.0. The third-order valence-electron chi connectivity index (χ3n) is 5.27. The zero-order valence-electron chi connectivity index (χ0n) is 16.6. The second-order valence-electron chi connectivity index (χ2n) is 7.30. The smallest absolute Gasteiger partial charge is 0.242 e. The molecular weight excluding hydrogens is 340 g/mol. The van der Waals surface area contributed by atoms with Gasteiger partial charge in [0.1, 0.15) is 12.4 Å². The zero-order valence-corrected chi connectivity index (χ0v) is 16.6. The Morgan fingerprint density at radius 3 is 2.56 bits per heavy atom. The summed E-state index contributed by atoms with van der Waals surface area (Å²) in [7, 11) is 0. The van der Waals surface area contributed by atoms with Crippen molar-refractivity contribution < 1.29 is 9.59 Å². The fourth-order valence-corrected chi connectivity index (χ4v) is 4.06. The van der Waals surface area contributed by atoms with Gasteiger partial charge in [-0.2, -0.15) is 0 Å². The Morgan fingerprint density at radius 1 is 1.19 bits per heavy atom. The summed E-state index contributed by atoms with van der Waals surface area (Å²) in [6.45, 7) is 8.39. The van der Waals surface area contributed by atoms with Gasteiger partial charge in [-0.1, -0.05) is 26.0 Å². The van der Waals surface area contributed by atoms with Gasteiger partial charge in [0.25, 0.3) is 0 Å². The lowest BCUT2D eigenvalue weighted by molar-refractivity contribution is -0.131. The Morgan fingerprint density at radius 2 is 1.89 bits per heavy atom. The molecule has 1 atom stereocenters. The minimum Gasteiger partial charge on any atom is -0.341 e. The van der Waals surface area contributed by atoms with Crippen LogP contribution < -0.4 is 0 Å². The van der Waals surface area contributed by atoms with E-state index in [9.17, 15) is 9.59 Å². The molecule has 1 aromatic carbocycles. The van der Waals surface area contributed by atoms with Gasteiger partial charge in [0.05, 0.1) is 17.1 Å². The van der Waals surface area contributed by atoms with Crippen LogP contribution >= 0.6 is 0 Å². The van der Waals surface area contributed by atoms with Crippen molar-refractivity contribution in [1.82, 2.24) is 19.4 Å².